The largest absolute Gasteiger partial charge is 0.504 e. The van der Waals surface area contributed by atoms with Crippen LogP contribution < -0.4 is 4.74 Å². The van der Waals surface area contributed by atoms with Crippen LogP contribution in [0.15, 0.2) is 17.2 Å². The Balaban J connectivity index is 1.78. The Hall–Kier alpha value is -1.91. The number of rotatable bonds is 1. The van der Waals surface area contributed by atoms with Crippen molar-refractivity contribution in [2.75, 3.05) is 13.6 Å². The van der Waals surface area contributed by atoms with E-state index in [1.54, 1.807) is 6.07 Å². The number of phenols is 1. The van der Waals surface area contributed by atoms with E-state index in [0.29, 0.717) is 17.7 Å². The molecule has 2 aliphatic carbocycles. The summed E-state index contributed by atoms with van der Waals surface area (Å²) in [5.74, 6) is 1.40. The zero-order valence-electron chi connectivity index (χ0n) is 13.1. The molecule has 1 saturated heterocycles. The van der Waals surface area contributed by atoms with E-state index in [9.17, 15) is 5.11 Å². The molecule has 2 bridgehead atoms. The summed E-state index contributed by atoms with van der Waals surface area (Å²) < 4.78 is 6.28. The second-order valence-electron chi connectivity index (χ2n) is 7.48. The maximum Gasteiger partial charge on any atom is 0.165 e. The van der Waals surface area contributed by atoms with Gasteiger partial charge >= 0.3 is 0 Å². The number of ether oxygens (including phenoxy) is 1. The van der Waals surface area contributed by atoms with Gasteiger partial charge in [0.1, 0.15) is 6.10 Å². The molecule has 1 saturated carbocycles. The molecular formula is C17H20N4O2. The van der Waals surface area contributed by atoms with Gasteiger partial charge in [-0.15, -0.1) is 0 Å². The number of azide groups is 1. The molecule has 23 heavy (non-hydrogen) atoms. The Morgan fingerprint density at radius 3 is 3.13 bits per heavy atom. The molecule has 120 valence electrons. The van der Waals surface area contributed by atoms with Gasteiger partial charge in [-0.3, -0.25) is 0 Å². The Morgan fingerprint density at radius 2 is 2.30 bits per heavy atom. The van der Waals surface area contributed by atoms with Crippen LogP contribution in [0.2, 0.25) is 0 Å². The first-order valence-electron chi connectivity index (χ1n) is 8.43. The molecule has 2 heterocycles. The third-order valence-corrected chi connectivity index (χ3v) is 6.76. The maximum absolute atomic E-state index is 10.3. The third kappa shape index (κ3) is 1.46. The summed E-state index contributed by atoms with van der Waals surface area (Å²) in [5.41, 5.74) is 11.4. The van der Waals surface area contributed by atoms with Gasteiger partial charge in [0.15, 0.2) is 11.5 Å². The fourth-order valence-corrected chi connectivity index (χ4v) is 5.89. The first-order valence-corrected chi connectivity index (χ1v) is 8.43. The Morgan fingerprint density at radius 1 is 1.43 bits per heavy atom. The van der Waals surface area contributed by atoms with Crippen LogP contribution in [0.3, 0.4) is 0 Å². The second kappa shape index (κ2) is 4.34. The molecule has 0 radical (unpaired) electrons. The van der Waals surface area contributed by atoms with Gasteiger partial charge in [-0.05, 0) is 62.4 Å². The Bertz CT molecular complexity index is 744. The predicted octanol–water partition coefficient (Wildman–Crippen LogP) is 2.74. The normalized spacial score (nSPS) is 40.0. The Labute approximate surface area is 134 Å². The first-order chi connectivity index (χ1) is 11.2. The van der Waals surface area contributed by atoms with E-state index in [2.05, 4.69) is 28.0 Å². The van der Waals surface area contributed by atoms with Crippen LogP contribution in [0, 0.1) is 5.92 Å². The van der Waals surface area contributed by atoms with Crippen molar-refractivity contribution in [1.82, 2.24) is 4.90 Å². The van der Waals surface area contributed by atoms with Crippen molar-refractivity contribution in [2.45, 2.75) is 49.3 Å². The zero-order chi connectivity index (χ0) is 15.8. The number of piperidine rings is 1. The average Bonchev–Trinajstić information content (AvgIpc) is 2.90. The van der Waals surface area contributed by atoms with Crippen molar-refractivity contribution in [3.05, 3.63) is 33.7 Å². The highest BCUT2D eigenvalue weighted by molar-refractivity contribution is 5.60. The lowest BCUT2D eigenvalue weighted by Gasteiger charge is -2.58. The highest BCUT2D eigenvalue weighted by Crippen LogP contribution is 2.63. The van der Waals surface area contributed by atoms with Crippen molar-refractivity contribution in [3.63, 3.8) is 0 Å². The lowest BCUT2D eigenvalue weighted by molar-refractivity contribution is -0.0509. The van der Waals surface area contributed by atoms with Crippen molar-refractivity contribution < 1.29 is 9.84 Å². The summed E-state index contributed by atoms with van der Waals surface area (Å²) in [5, 5.41) is 14.4. The quantitative estimate of drug-likeness (QED) is 0.492. The van der Waals surface area contributed by atoms with Crippen LogP contribution in [0.5, 0.6) is 11.5 Å². The second-order valence-corrected chi connectivity index (χ2v) is 7.48. The van der Waals surface area contributed by atoms with Gasteiger partial charge in [0.05, 0.1) is 6.04 Å². The van der Waals surface area contributed by atoms with E-state index in [1.165, 1.54) is 11.1 Å². The van der Waals surface area contributed by atoms with Gasteiger partial charge in [0, 0.05) is 21.9 Å². The van der Waals surface area contributed by atoms with Crippen molar-refractivity contribution in [3.8, 4) is 11.5 Å². The van der Waals surface area contributed by atoms with Crippen LogP contribution in [0.1, 0.15) is 30.4 Å². The molecule has 6 heteroatoms. The fraction of sp³-hybridized carbons (Fsp3) is 0.647. The van der Waals surface area contributed by atoms with Gasteiger partial charge in [0.2, 0.25) is 0 Å². The standard InChI is InChI=1S/C17H20N4O2/c1-21-7-6-17-10-3-4-11(19-20-18)16(17)23-15-13(22)5-2-9(14(15)17)8-12(10)21/h2,5,10-12,16,22H,3-4,6-8H2,1H3/t10-,11+,12+,16+,17-/m0/s1. The summed E-state index contributed by atoms with van der Waals surface area (Å²) in [4.78, 5) is 5.54. The van der Waals surface area contributed by atoms with Crippen LogP contribution in [-0.4, -0.2) is 41.8 Å². The van der Waals surface area contributed by atoms with Gasteiger partial charge in [-0.2, -0.15) is 0 Å². The number of nitrogens with zero attached hydrogens (tertiary/aromatic N) is 4. The Kier molecular flexibility index (Phi) is 2.55. The van der Waals surface area contributed by atoms with E-state index in [-0.39, 0.29) is 23.3 Å². The minimum absolute atomic E-state index is 0.0874. The van der Waals surface area contributed by atoms with Crippen LogP contribution in [-0.2, 0) is 11.8 Å². The molecule has 0 amide bonds. The molecule has 1 N–H and O–H groups in total. The van der Waals surface area contributed by atoms with Crippen molar-refractivity contribution in [2.24, 2.45) is 11.0 Å². The zero-order valence-corrected chi connectivity index (χ0v) is 13.1. The number of likely N-dealkylation sites (tertiary alicyclic amines) is 1. The maximum atomic E-state index is 10.3. The van der Waals surface area contributed by atoms with E-state index in [4.69, 9.17) is 10.3 Å². The van der Waals surface area contributed by atoms with Gasteiger partial charge in [0.25, 0.3) is 0 Å². The van der Waals surface area contributed by atoms with E-state index in [0.717, 1.165) is 32.2 Å². The fourth-order valence-electron chi connectivity index (χ4n) is 5.89. The summed E-state index contributed by atoms with van der Waals surface area (Å²) >= 11 is 0. The number of likely N-dealkylation sites (N-methyl/N-ethyl adjacent to an activating group) is 1. The molecule has 4 aliphatic rings. The molecule has 2 aliphatic heterocycles. The summed E-state index contributed by atoms with van der Waals surface area (Å²) in [6.07, 6.45) is 3.84. The summed E-state index contributed by atoms with van der Waals surface area (Å²) in [7, 11) is 2.22. The van der Waals surface area contributed by atoms with Crippen LogP contribution >= 0.6 is 0 Å². The first kappa shape index (κ1) is 13.5. The van der Waals surface area contributed by atoms with Crippen LogP contribution in [0.25, 0.3) is 10.4 Å². The minimum Gasteiger partial charge on any atom is -0.504 e. The van der Waals surface area contributed by atoms with Gasteiger partial charge < -0.3 is 14.7 Å². The topological polar surface area (TPSA) is 81.5 Å². The van der Waals surface area contributed by atoms with Gasteiger partial charge in [-0.1, -0.05) is 11.2 Å². The SMILES string of the molecule is CN1CC[C@]23c4c5ccc(O)c4O[C@@H]2[C@H](N=[N+]=[N-])CC[C@H]3[C@H]1C5. The van der Waals surface area contributed by atoms with Crippen LogP contribution in [0.4, 0.5) is 0 Å². The molecule has 0 unspecified atom stereocenters. The molecule has 1 aromatic carbocycles. The molecule has 6 nitrogen and oxygen atoms in total. The molecular weight excluding hydrogens is 292 g/mol. The molecule has 5 atom stereocenters. The van der Waals surface area contributed by atoms with Gasteiger partial charge in [-0.25, -0.2) is 0 Å². The third-order valence-electron chi connectivity index (χ3n) is 6.76. The molecule has 2 fully saturated rings. The number of aromatic hydroxyl groups is 1. The number of hydrogen-bond acceptors (Lipinski definition) is 4. The number of phenolic OH excluding ortho intramolecular Hbond substituents is 1. The molecule has 1 spiro atoms. The summed E-state index contributed by atoms with van der Waals surface area (Å²) in [6.45, 7) is 1.03. The number of benzene rings is 1. The van der Waals surface area contributed by atoms with E-state index >= 15 is 0 Å². The van der Waals surface area contributed by atoms with E-state index < -0.39 is 0 Å². The van der Waals surface area contributed by atoms with E-state index in [1.807, 2.05) is 0 Å². The highest BCUT2D eigenvalue weighted by Gasteiger charge is 2.65. The molecule has 1 aromatic rings. The predicted molar refractivity (Wildman–Crippen MR) is 84.6 cm³/mol. The minimum atomic E-state index is -0.141. The van der Waals surface area contributed by atoms with Crippen molar-refractivity contribution >= 4 is 0 Å². The summed E-state index contributed by atoms with van der Waals surface area (Å²) in [6, 6.07) is 4.19. The number of hydrogen-bond donors (Lipinski definition) is 1. The lowest BCUT2D eigenvalue weighted by Crippen LogP contribution is -2.65. The lowest BCUT2D eigenvalue weighted by atomic mass is 9.51. The smallest absolute Gasteiger partial charge is 0.165 e. The molecule has 0 aromatic heterocycles. The molecule has 5 rings (SSSR count). The highest BCUT2D eigenvalue weighted by atomic mass is 16.5. The average molecular weight is 312 g/mol. The monoisotopic (exact) mass is 312 g/mol. The van der Waals surface area contributed by atoms with Crippen molar-refractivity contribution in [1.29, 1.82) is 0 Å².